The van der Waals surface area contributed by atoms with E-state index in [0.717, 1.165) is 25.0 Å². The normalized spacial score (nSPS) is 13.1. The molecule has 0 aliphatic carbocycles. The Labute approximate surface area is 258 Å². The Kier molecular flexibility index (Phi) is 30.3. The quantitative estimate of drug-likeness (QED) is 0.0567. The van der Waals surface area contributed by atoms with E-state index in [4.69, 9.17) is 0 Å². The third kappa shape index (κ3) is 28.8. The first kappa shape index (κ1) is 40.7. The molecule has 0 radical (unpaired) electrons. The van der Waals surface area contributed by atoms with Gasteiger partial charge in [-0.25, -0.2) is 0 Å². The Morgan fingerprint density at radius 1 is 0.325 bits per heavy atom. The van der Waals surface area contributed by atoms with Crippen molar-refractivity contribution in [2.75, 3.05) is 18.1 Å². The topological polar surface area (TPSA) is 40.5 Å². The van der Waals surface area contributed by atoms with Crippen molar-refractivity contribution in [2.45, 2.75) is 213 Å². The molecule has 0 atom stereocenters. The van der Waals surface area contributed by atoms with E-state index in [9.17, 15) is 9.79 Å². The first-order valence-corrected chi connectivity index (χ1v) is 22.7. The van der Waals surface area contributed by atoms with Crippen molar-refractivity contribution >= 4 is 17.6 Å². The second-order valence-electron chi connectivity index (χ2n) is 13.1. The van der Waals surface area contributed by atoms with Crippen LogP contribution < -0.4 is 0 Å². The van der Waals surface area contributed by atoms with Gasteiger partial charge in [0.25, 0.3) is 0 Å². The Morgan fingerprint density at radius 3 is 0.825 bits per heavy atom. The third-order valence-corrected chi connectivity index (χ3v) is 15.7. The van der Waals surface area contributed by atoms with E-state index in [1.165, 1.54) is 173 Å². The Morgan fingerprint density at radius 2 is 0.550 bits per heavy atom. The van der Waals surface area contributed by atoms with Gasteiger partial charge >= 0.3 is 252 Å². The fourth-order valence-electron chi connectivity index (χ4n) is 5.94. The molecule has 0 heterocycles. The van der Waals surface area contributed by atoms with Crippen LogP contribution in [0.15, 0.2) is 0 Å². The zero-order valence-electron chi connectivity index (χ0n) is 28.1. The molecule has 0 rings (SSSR count). The van der Waals surface area contributed by atoms with Crippen molar-refractivity contribution in [3.63, 3.8) is 0 Å². The zero-order chi connectivity index (χ0) is 29.5. The Balaban J connectivity index is 4.24. The van der Waals surface area contributed by atoms with Gasteiger partial charge in [-0.3, -0.25) is 0 Å². The molecule has 0 aromatic rings. The van der Waals surface area contributed by atoms with Crippen molar-refractivity contribution in [1.82, 2.24) is 0 Å². The van der Waals surface area contributed by atoms with Gasteiger partial charge in [0.2, 0.25) is 0 Å². The molecule has 0 aromatic heterocycles. The van der Waals surface area contributed by atoms with Crippen LogP contribution in [0.1, 0.15) is 213 Å². The molecule has 0 aromatic carbocycles. The minimum absolute atomic E-state index is 0.669. The summed E-state index contributed by atoms with van der Waals surface area (Å²) in [6.07, 6.45) is 37.2. The van der Waals surface area contributed by atoms with Crippen LogP contribution in [-0.2, 0) is 0 Å². The van der Waals surface area contributed by atoms with Crippen LogP contribution in [0.5, 0.6) is 0 Å². The first-order chi connectivity index (χ1) is 19.5. The number of rotatable bonds is 34. The molecule has 0 spiro atoms. The number of hydrogen-bond donors (Lipinski definition) is 2. The van der Waals surface area contributed by atoms with Crippen LogP contribution in [0.25, 0.3) is 0 Å². The molecule has 0 saturated carbocycles. The molecular weight excluding hydrogens is 527 g/mol. The molecule has 0 fully saturated rings. The summed E-state index contributed by atoms with van der Waals surface area (Å²) in [4.78, 5) is 23.4. The summed E-state index contributed by atoms with van der Waals surface area (Å²) in [5, 5.41) is 0. The van der Waals surface area contributed by atoms with Gasteiger partial charge in [-0.1, -0.05) is 6.92 Å². The molecule has 2 nitrogen and oxygen atoms in total. The summed E-state index contributed by atoms with van der Waals surface area (Å²) in [5.74, 6) is 0.941. The average molecular weight is 605 g/mol. The number of unbranched alkanes of at least 4 members (excludes halogenated alkanes) is 27. The summed E-state index contributed by atoms with van der Waals surface area (Å²) in [6, 6.07) is 0. The van der Waals surface area contributed by atoms with Gasteiger partial charge in [0.15, 0.2) is 0 Å². The van der Waals surface area contributed by atoms with E-state index in [-0.39, 0.29) is 0 Å². The third-order valence-electron chi connectivity index (χ3n) is 8.81. The fourth-order valence-corrected chi connectivity index (χ4v) is 12.1. The summed E-state index contributed by atoms with van der Waals surface area (Å²) >= 11 is 1.60. The predicted molar refractivity (Wildman–Crippen MR) is 189 cm³/mol. The molecule has 0 unspecified atom stereocenters. The minimum atomic E-state index is -3.59. The zero-order valence-corrected chi connectivity index (χ0v) is 29.8. The number of hydrogen-bond acceptors (Lipinski definition) is 3. The van der Waals surface area contributed by atoms with Crippen LogP contribution in [0.4, 0.5) is 0 Å². The van der Waals surface area contributed by atoms with E-state index < -0.39 is 6.26 Å². The van der Waals surface area contributed by atoms with Crippen LogP contribution in [0.3, 0.4) is 0 Å². The van der Waals surface area contributed by atoms with Gasteiger partial charge in [-0.05, 0) is 0 Å². The maximum atomic E-state index is 11.7. The average Bonchev–Trinajstić information content (AvgIpc) is 2.94. The molecule has 40 heavy (non-hydrogen) atoms. The predicted octanol–water partition coefficient (Wildman–Crippen LogP) is 13.8. The molecule has 0 amide bonds. The molecular formula is C36H77O2PS. The van der Waals surface area contributed by atoms with Crippen molar-refractivity contribution in [3.05, 3.63) is 0 Å². The van der Waals surface area contributed by atoms with Gasteiger partial charge in [0, 0.05) is 0 Å². The van der Waals surface area contributed by atoms with E-state index in [1.54, 1.807) is 11.4 Å². The molecule has 2 N–H and O–H groups in total. The first-order valence-electron chi connectivity index (χ1n) is 18.6. The van der Waals surface area contributed by atoms with Gasteiger partial charge in [0.1, 0.15) is 0 Å². The molecule has 0 bridgehead atoms. The Bertz CT molecular complexity index is 471. The second-order valence-corrected chi connectivity index (χ2v) is 20.6. The van der Waals surface area contributed by atoms with Crippen LogP contribution >= 0.6 is 17.6 Å². The van der Waals surface area contributed by atoms with Crippen molar-refractivity contribution in [2.24, 2.45) is 0 Å². The van der Waals surface area contributed by atoms with Gasteiger partial charge in [-0.2, -0.15) is 0 Å². The molecule has 0 aliphatic rings. The van der Waals surface area contributed by atoms with Gasteiger partial charge in [0.05, 0.1) is 0 Å². The summed E-state index contributed by atoms with van der Waals surface area (Å²) in [7, 11) is 0. The second kappa shape index (κ2) is 29.8. The molecule has 0 saturated heterocycles. The summed E-state index contributed by atoms with van der Waals surface area (Å²) in [5.41, 5.74) is 0. The molecule has 244 valence electrons. The van der Waals surface area contributed by atoms with Gasteiger partial charge in [-0.15, -0.1) is 0 Å². The van der Waals surface area contributed by atoms with E-state index in [2.05, 4.69) is 20.8 Å². The SMILES string of the molecule is CCCCCCCCCCCCSP(O)(O)(CCCCCCCCCCCC)CCCCCCCCCCCC. The summed E-state index contributed by atoms with van der Waals surface area (Å²) in [6.45, 7) is 6.85. The van der Waals surface area contributed by atoms with Crippen LogP contribution in [0, 0.1) is 0 Å². The van der Waals surface area contributed by atoms with Crippen molar-refractivity contribution < 1.29 is 9.79 Å². The van der Waals surface area contributed by atoms with E-state index in [0.29, 0.717) is 12.3 Å². The van der Waals surface area contributed by atoms with Crippen LogP contribution in [0.2, 0.25) is 0 Å². The molecule has 4 heteroatoms. The fraction of sp³-hybridized carbons (Fsp3) is 1.00. The Hall–Kier alpha value is 0.700. The molecule has 0 aliphatic heterocycles. The maximum absolute atomic E-state index is 11.7. The monoisotopic (exact) mass is 605 g/mol. The summed E-state index contributed by atoms with van der Waals surface area (Å²) < 4.78 is 0. The standard InChI is InChI=1S/C36H77O2PS/c1-4-7-10-13-16-19-22-25-28-31-34-39(37,38,35-32-29-26-23-20-17-14-11-8-5-2)40-36-33-30-27-24-21-18-15-12-9-6-3/h37-38H,4-36H2,1-3H3. The van der Waals surface area contributed by atoms with Gasteiger partial charge < -0.3 is 0 Å². The van der Waals surface area contributed by atoms with E-state index >= 15 is 0 Å². The van der Waals surface area contributed by atoms with Crippen LogP contribution in [-0.4, -0.2) is 27.9 Å². The van der Waals surface area contributed by atoms with Crippen molar-refractivity contribution in [3.8, 4) is 0 Å². The van der Waals surface area contributed by atoms with E-state index in [1.807, 2.05) is 0 Å². The van der Waals surface area contributed by atoms with Crippen molar-refractivity contribution in [1.29, 1.82) is 0 Å².